The van der Waals surface area contributed by atoms with Gasteiger partial charge in [-0.15, -0.1) is 0 Å². The standard InChI is InChI=1S/C21H32O5/c22-18(7-6-14-4-2-1-3-5-14)21-17-11-15(8-9-26-13-20(24)25)10-16(17)12-19(21)23/h7,10,14,16-17,19,21-23H,1-6,8-9,11-13H2,(H,24,25)/t16-,17-,19-,21+/m1/s1. The second-order valence-corrected chi connectivity index (χ2v) is 8.25. The van der Waals surface area contributed by atoms with Gasteiger partial charge >= 0.3 is 5.97 Å². The lowest BCUT2D eigenvalue weighted by atomic mass is 9.84. The van der Waals surface area contributed by atoms with Crippen LogP contribution in [0.3, 0.4) is 0 Å². The third kappa shape index (κ3) is 4.89. The smallest absolute Gasteiger partial charge is 0.329 e. The van der Waals surface area contributed by atoms with Crippen LogP contribution >= 0.6 is 0 Å². The van der Waals surface area contributed by atoms with Crippen LogP contribution in [0.25, 0.3) is 0 Å². The lowest BCUT2D eigenvalue weighted by Crippen LogP contribution is -2.22. The Morgan fingerprint density at radius 3 is 2.73 bits per heavy atom. The summed E-state index contributed by atoms with van der Waals surface area (Å²) in [5.74, 6) is 0.545. The second-order valence-electron chi connectivity index (χ2n) is 8.25. The van der Waals surface area contributed by atoms with Gasteiger partial charge in [0, 0.05) is 5.92 Å². The van der Waals surface area contributed by atoms with Crippen LogP contribution in [-0.2, 0) is 9.53 Å². The monoisotopic (exact) mass is 364 g/mol. The Hall–Kier alpha value is -1.33. The van der Waals surface area contributed by atoms with Crippen LogP contribution in [0.4, 0.5) is 0 Å². The van der Waals surface area contributed by atoms with Crippen molar-refractivity contribution >= 4 is 5.97 Å². The number of rotatable bonds is 8. The first-order valence-corrected chi connectivity index (χ1v) is 10.1. The van der Waals surface area contributed by atoms with Gasteiger partial charge in [0.1, 0.15) is 6.61 Å². The van der Waals surface area contributed by atoms with Crippen molar-refractivity contribution in [2.75, 3.05) is 13.2 Å². The molecule has 0 saturated heterocycles. The molecule has 26 heavy (non-hydrogen) atoms. The van der Waals surface area contributed by atoms with Gasteiger partial charge in [-0.3, -0.25) is 0 Å². The maximum absolute atomic E-state index is 10.6. The molecule has 0 aromatic rings. The summed E-state index contributed by atoms with van der Waals surface area (Å²) in [5.41, 5.74) is 1.27. The lowest BCUT2D eigenvalue weighted by Gasteiger charge is -2.23. The molecule has 5 nitrogen and oxygen atoms in total. The molecule has 146 valence electrons. The first kappa shape index (κ1) is 19.4. The quantitative estimate of drug-likeness (QED) is 0.346. The van der Waals surface area contributed by atoms with Gasteiger partial charge in [-0.05, 0) is 49.5 Å². The average molecular weight is 364 g/mol. The number of aliphatic hydroxyl groups is 2. The number of aliphatic hydroxyl groups excluding tert-OH is 2. The van der Waals surface area contributed by atoms with Crippen molar-refractivity contribution in [1.29, 1.82) is 0 Å². The summed E-state index contributed by atoms with van der Waals surface area (Å²) in [6.45, 7) is 0.153. The van der Waals surface area contributed by atoms with Crippen molar-refractivity contribution < 1.29 is 24.9 Å². The van der Waals surface area contributed by atoms with E-state index >= 15 is 0 Å². The summed E-state index contributed by atoms with van der Waals surface area (Å²) < 4.78 is 5.13. The van der Waals surface area contributed by atoms with Crippen LogP contribution in [0.15, 0.2) is 23.5 Å². The van der Waals surface area contributed by atoms with E-state index in [4.69, 9.17) is 9.84 Å². The summed E-state index contributed by atoms with van der Waals surface area (Å²) in [7, 11) is 0. The van der Waals surface area contributed by atoms with Crippen LogP contribution in [-0.4, -0.2) is 40.6 Å². The number of allylic oxidation sites excluding steroid dienone is 2. The molecular formula is C21H32O5. The molecular weight excluding hydrogens is 332 g/mol. The van der Waals surface area contributed by atoms with E-state index in [0.29, 0.717) is 30.6 Å². The first-order chi connectivity index (χ1) is 12.5. The van der Waals surface area contributed by atoms with E-state index in [9.17, 15) is 15.0 Å². The second kappa shape index (κ2) is 9.05. The molecule has 0 aliphatic heterocycles. The van der Waals surface area contributed by atoms with E-state index in [0.717, 1.165) is 19.3 Å². The molecule has 3 rings (SSSR count). The van der Waals surface area contributed by atoms with Crippen LogP contribution in [0.5, 0.6) is 0 Å². The van der Waals surface area contributed by atoms with E-state index in [1.165, 1.54) is 37.7 Å². The number of aliphatic carboxylic acids is 1. The number of hydrogen-bond acceptors (Lipinski definition) is 4. The fourth-order valence-electron chi connectivity index (χ4n) is 5.11. The van der Waals surface area contributed by atoms with Crippen molar-refractivity contribution in [2.24, 2.45) is 23.7 Å². The van der Waals surface area contributed by atoms with Crippen molar-refractivity contribution in [2.45, 2.75) is 63.9 Å². The van der Waals surface area contributed by atoms with Crippen molar-refractivity contribution in [3.8, 4) is 0 Å². The molecule has 0 aromatic carbocycles. The van der Waals surface area contributed by atoms with Gasteiger partial charge in [0.15, 0.2) is 0 Å². The SMILES string of the molecule is O=C(O)COCCC1=C[C@@H]2C[C@@H](O)[C@H](C(O)=CCC3CCCCC3)[C@@H]2C1. The number of carboxylic acids is 1. The summed E-state index contributed by atoms with van der Waals surface area (Å²) in [5, 5.41) is 29.7. The van der Waals surface area contributed by atoms with Gasteiger partial charge in [-0.2, -0.15) is 0 Å². The molecule has 2 fully saturated rings. The Labute approximate surface area is 155 Å². The zero-order valence-electron chi connectivity index (χ0n) is 15.5. The molecule has 0 bridgehead atoms. The zero-order chi connectivity index (χ0) is 18.5. The highest BCUT2D eigenvalue weighted by molar-refractivity contribution is 5.67. The third-order valence-corrected chi connectivity index (χ3v) is 6.41. The minimum Gasteiger partial charge on any atom is -0.512 e. The van der Waals surface area contributed by atoms with E-state index in [2.05, 4.69) is 6.08 Å². The van der Waals surface area contributed by atoms with E-state index in [-0.39, 0.29) is 18.4 Å². The number of ether oxygens (including phenoxy) is 1. The summed E-state index contributed by atoms with van der Waals surface area (Å²) in [4.78, 5) is 10.5. The molecule has 0 heterocycles. The fraction of sp³-hybridized carbons (Fsp3) is 0.762. The largest absolute Gasteiger partial charge is 0.512 e. The van der Waals surface area contributed by atoms with Crippen molar-refractivity contribution in [3.05, 3.63) is 23.5 Å². The Balaban J connectivity index is 1.51. The van der Waals surface area contributed by atoms with Gasteiger partial charge in [-0.25, -0.2) is 4.79 Å². The van der Waals surface area contributed by atoms with Crippen LogP contribution < -0.4 is 0 Å². The lowest BCUT2D eigenvalue weighted by molar-refractivity contribution is -0.142. The summed E-state index contributed by atoms with van der Waals surface area (Å²) >= 11 is 0. The molecule has 5 heteroatoms. The summed E-state index contributed by atoms with van der Waals surface area (Å²) in [6.07, 6.45) is 13.4. The molecule has 0 radical (unpaired) electrons. The van der Waals surface area contributed by atoms with Gasteiger partial charge in [0.05, 0.1) is 18.5 Å². The molecule has 4 atom stereocenters. The first-order valence-electron chi connectivity index (χ1n) is 10.1. The highest BCUT2D eigenvalue weighted by Gasteiger charge is 2.46. The topological polar surface area (TPSA) is 87.0 Å². The average Bonchev–Trinajstić information content (AvgIpc) is 3.13. The van der Waals surface area contributed by atoms with Gasteiger partial charge in [-0.1, -0.05) is 43.8 Å². The molecule has 0 spiro atoms. The molecule has 3 aliphatic rings. The van der Waals surface area contributed by atoms with Crippen LogP contribution in [0.2, 0.25) is 0 Å². The molecule has 2 saturated carbocycles. The Bertz CT molecular complexity index is 547. The maximum Gasteiger partial charge on any atom is 0.329 e. The van der Waals surface area contributed by atoms with Crippen molar-refractivity contribution in [3.63, 3.8) is 0 Å². The number of hydrogen-bond donors (Lipinski definition) is 3. The fourth-order valence-corrected chi connectivity index (χ4v) is 5.11. The Kier molecular flexibility index (Phi) is 6.76. The number of carbonyl (C=O) groups is 1. The Morgan fingerprint density at radius 2 is 2.00 bits per heavy atom. The Morgan fingerprint density at radius 1 is 1.23 bits per heavy atom. The highest BCUT2D eigenvalue weighted by Crippen LogP contribution is 2.49. The van der Waals surface area contributed by atoms with Crippen LogP contribution in [0.1, 0.15) is 57.8 Å². The van der Waals surface area contributed by atoms with Gasteiger partial charge < -0.3 is 20.1 Å². The number of fused-ring (bicyclic) bond motifs is 1. The van der Waals surface area contributed by atoms with Gasteiger partial charge in [0.25, 0.3) is 0 Å². The molecule has 0 amide bonds. The summed E-state index contributed by atoms with van der Waals surface area (Å²) in [6, 6.07) is 0. The minimum atomic E-state index is -0.946. The predicted molar refractivity (Wildman–Crippen MR) is 98.8 cm³/mol. The van der Waals surface area contributed by atoms with Gasteiger partial charge in [0.2, 0.25) is 0 Å². The number of carboxylic acid groups (broad SMARTS) is 1. The molecule has 3 N–H and O–H groups in total. The highest BCUT2D eigenvalue weighted by atomic mass is 16.5. The molecule has 0 aromatic heterocycles. The van der Waals surface area contributed by atoms with E-state index < -0.39 is 12.1 Å². The zero-order valence-corrected chi connectivity index (χ0v) is 15.5. The maximum atomic E-state index is 10.6. The van der Waals surface area contributed by atoms with E-state index in [1.807, 2.05) is 6.08 Å². The van der Waals surface area contributed by atoms with E-state index in [1.54, 1.807) is 0 Å². The third-order valence-electron chi connectivity index (χ3n) is 6.41. The molecule has 0 unspecified atom stereocenters. The van der Waals surface area contributed by atoms with Crippen molar-refractivity contribution in [1.82, 2.24) is 0 Å². The molecule has 3 aliphatic carbocycles. The predicted octanol–water partition coefficient (Wildman–Crippen LogP) is 3.83. The normalized spacial score (nSPS) is 32.5. The van der Waals surface area contributed by atoms with Crippen LogP contribution in [0, 0.1) is 23.7 Å². The minimum absolute atomic E-state index is 0.155.